The lowest BCUT2D eigenvalue weighted by Crippen LogP contribution is -2.18. The first-order valence-corrected chi connectivity index (χ1v) is 4.03. The van der Waals surface area contributed by atoms with Gasteiger partial charge in [0.15, 0.2) is 0 Å². The molecule has 0 aliphatic rings. The Morgan fingerprint density at radius 1 is 1.54 bits per heavy atom. The average Bonchev–Trinajstić information content (AvgIpc) is 2.04. The molecule has 1 amide bonds. The maximum atomic E-state index is 12.6. The molecule has 1 rings (SSSR count). The lowest BCUT2D eigenvalue weighted by molar-refractivity contribution is -0.118. The fraction of sp³-hybridized carbons (Fsp3) is 0.333. The topological polar surface area (TPSA) is 42.0 Å². The smallest absolute Gasteiger partial charge is 0.228 e. The zero-order chi connectivity index (χ0) is 9.84. The first kappa shape index (κ1) is 9.64. The second kappa shape index (κ2) is 3.98. The van der Waals surface area contributed by atoms with Crippen LogP contribution in [0.2, 0.25) is 0 Å². The molecule has 0 bridgehead atoms. The first-order valence-electron chi connectivity index (χ1n) is 4.03. The number of hydrogen-bond acceptors (Lipinski definition) is 2. The molecule has 1 aromatic rings. The van der Waals surface area contributed by atoms with Gasteiger partial charge in [-0.15, -0.1) is 0 Å². The van der Waals surface area contributed by atoms with Gasteiger partial charge >= 0.3 is 0 Å². The van der Waals surface area contributed by atoms with Gasteiger partial charge in [-0.05, 0) is 12.1 Å². The van der Waals surface area contributed by atoms with Gasteiger partial charge in [-0.25, -0.2) is 4.98 Å². The van der Waals surface area contributed by atoms with E-state index in [4.69, 9.17) is 0 Å². The molecule has 0 aliphatic carbocycles. The molecule has 1 aromatic heterocycles. The van der Waals surface area contributed by atoms with Crippen molar-refractivity contribution in [2.75, 3.05) is 5.32 Å². The summed E-state index contributed by atoms with van der Waals surface area (Å²) < 4.78 is 12.6. The van der Waals surface area contributed by atoms with E-state index >= 15 is 0 Å². The third kappa shape index (κ3) is 2.82. The number of hydrogen-bond donors (Lipinski definition) is 1. The summed E-state index contributed by atoms with van der Waals surface area (Å²) in [6.45, 7) is 3.52. The second-order valence-corrected chi connectivity index (χ2v) is 2.99. The van der Waals surface area contributed by atoms with E-state index in [2.05, 4.69) is 10.3 Å². The largest absolute Gasteiger partial charge is 0.310 e. The Bertz CT molecular complexity index is 312. The van der Waals surface area contributed by atoms with Crippen LogP contribution in [0, 0.1) is 11.9 Å². The molecule has 0 unspecified atom stereocenters. The first-order chi connectivity index (χ1) is 6.09. The van der Waals surface area contributed by atoms with E-state index in [1.807, 2.05) is 0 Å². The summed E-state index contributed by atoms with van der Waals surface area (Å²) in [5.41, 5.74) is 0. The fourth-order valence-electron chi connectivity index (χ4n) is 0.748. The maximum Gasteiger partial charge on any atom is 0.228 e. The molecule has 1 N–H and O–H groups in total. The molecule has 0 spiro atoms. The molecule has 70 valence electrons. The van der Waals surface area contributed by atoms with Gasteiger partial charge < -0.3 is 5.32 Å². The number of nitrogens with zero attached hydrogens (tertiary/aromatic N) is 1. The van der Waals surface area contributed by atoms with E-state index in [1.54, 1.807) is 19.9 Å². The lowest BCUT2D eigenvalue weighted by Gasteiger charge is -2.05. The number of carbonyl (C=O) groups is 1. The average molecular weight is 182 g/mol. The van der Waals surface area contributed by atoms with E-state index in [9.17, 15) is 9.18 Å². The highest BCUT2D eigenvalue weighted by atomic mass is 19.1. The van der Waals surface area contributed by atoms with Crippen LogP contribution in [0.1, 0.15) is 13.8 Å². The van der Waals surface area contributed by atoms with E-state index in [1.165, 1.54) is 12.1 Å². The van der Waals surface area contributed by atoms with Crippen LogP contribution in [0.25, 0.3) is 0 Å². The van der Waals surface area contributed by atoms with Gasteiger partial charge in [0.2, 0.25) is 11.9 Å². The van der Waals surface area contributed by atoms with Crippen molar-refractivity contribution in [3.8, 4) is 0 Å². The number of carbonyl (C=O) groups excluding carboxylic acids is 1. The van der Waals surface area contributed by atoms with Crippen molar-refractivity contribution in [3.05, 3.63) is 24.1 Å². The monoisotopic (exact) mass is 182 g/mol. The highest BCUT2D eigenvalue weighted by Crippen LogP contribution is 2.05. The molecule has 0 saturated carbocycles. The van der Waals surface area contributed by atoms with Crippen molar-refractivity contribution in [1.29, 1.82) is 0 Å². The molecule has 0 radical (unpaired) electrons. The molecular weight excluding hydrogens is 171 g/mol. The van der Waals surface area contributed by atoms with E-state index in [0.29, 0.717) is 0 Å². The van der Waals surface area contributed by atoms with Crippen LogP contribution in [0.5, 0.6) is 0 Å². The van der Waals surface area contributed by atoms with E-state index < -0.39 is 5.95 Å². The number of pyridine rings is 1. The molecule has 0 saturated heterocycles. The zero-order valence-corrected chi connectivity index (χ0v) is 7.54. The molecule has 0 atom stereocenters. The van der Waals surface area contributed by atoms with Crippen molar-refractivity contribution in [3.63, 3.8) is 0 Å². The minimum Gasteiger partial charge on any atom is -0.310 e. The highest BCUT2D eigenvalue weighted by molar-refractivity contribution is 5.91. The van der Waals surface area contributed by atoms with Gasteiger partial charge in [0, 0.05) is 5.92 Å². The summed E-state index contributed by atoms with van der Waals surface area (Å²) in [7, 11) is 0. The van der Waals surface area contributed by atoms with Gasteiger partial charge in [0.05, 0.1) is 0 Å². The van der Waals surface area contributed by atoms with Gasteiger partial charge in [-0.2, -0.15) is 4.39 Å². The van der Waals surface area contributed by atoms with Crippen LogP contribution in [0.3, 0.4) is 0 Å². The van der Waals surface area contributed by atoms with Gasteiger partial charge in [0.25, 0.3) is 0 Å². The number of amides is 1. The van der Waals surface area contributed by atoms with Crippen molar-refractivity contribution >= 4 is 11.7 Å². The van der Waals surface area contributed by atoms with Crippen LogP contribution < -0.4 is 5.32 Å². The SMILES string of the molecule is CC(C)C(=O)Nc1cccc(F)n1. The minimum absolute atomic E-state index is 0.134. The summed E-state index contributed by atoms with van der Waals surface area (Å²) in [6.07, 6.45) is 0. The van der Waals surface area contributed by atoms with E-state index in [0.717, 1.165) is 0 Å². The van der Waals surface area contributed by atoms with Gasteiger partial charge in [-0.3, -0.25) is 4.79 Å². The Labute approximate surface area is 76.0 Å². The Morgan fingerprint density at radius 3 is 2.77 bits per heavy atom. The predicted octanol–water partition coefficient (Wildman–Crippen LogP) is 1.82. The van der Waals surface area contributed by atoms with Crippen LogP contribution in [0.15, 0.2) is 18.2 Å². The van der Waals surface area contributed by atoms with Crippen LogP contribution in [-0.2, 0) is 4.79 Å². The normalized spacial score (nSPS) is 10.2. The predicted molar refractivity (Wildman–Crippen MR) is 47.7 cm³/mol. The summed E-state index contributed by atoms with van der Waals surface area (Å²) in [5.74, 6) is -0.650. The van der Waals surface area contributed by atoms with Crippen LogP contribution in [0.4, 0.5) is 10.2 Å². The molecule has 1 heterocycles. The maximum absolute atomic E-state index is 12.6. The third-order valence-corrected chi connectivity index (χ3v) is 1.49. The van der Waals surface area contributed by atoms with Crippen LogP contribution in [-0.4, -0.2) is 10.9 Å². The molecule has 0 fully saturated rings. The molecule has 0 aromatic carbocycles. The number of nitrogens with one attached hydrogen (secondary N) is 1. The molecular formula is C9H11FN2O. The lowest BCUT2D eigenvalue weighted by atomic mass is 10.2. The second-order valence-electron chi connectivity index (χ2n) is 2.99. The summed E-state index contributed by atoms with van der Waals surface area (Å²) in [6, 6.07) is 4.27. The third-order valence-electron chi connectivity index (χ3n) is 1.49. The number of aromatic nitrogens is 1. The number of anilines is 1. The van der Waals surface area contributed by atoms with Gasteiger partial charge in [0.1, 0.15) is 5.82 Å². The highest BCUT2D eigenvalue weighted by Gasteiger charge is 2.07. The summed E-state index contributed by atoms with van der Waals surface area (Å²) >= 11 is 0. The van der Waals surface area contributed by atoms with Crippen molar-refractivity contribution in [2.24, 2.45) is 5.92 Å². The van der Waals surface area contributed by atoms with Crippen molar-refractivity contribution in [2.45, 2.75) is 13.8 Å². The van der Waals surface area contributed by atoms with Gasteiger partial charge in [-0.1, -0.05) is 19.9 Å². The Hall–Kier alpha value is -1.45. The van der Waals surface area contributed by atoms with E-state index in [-0.39, 0.29) is 17.6 Å². The Morgan fingerprint density at radius 2 is 2.23 bits per heavy atom. The Kier molecular flexibility index (Phi) is 2.95. The summed E-state index contributed by atoms with van der Waals surface area (Å²) in [5, 5.41) is 2.49. The summed E-state index contributed by atoms with van der Waals surface area (Å²) in [4.78, 5) is 14.6. The van der Waals surface area contributed by atoms with Crippen LogP contribution >= 0.6 is 0 Å². The van der Waals surface area contributed by atoms with Crippen molar-refractivity contribution in [1.82, 2.24) is 4.98 Å². The molecule has 0 aliphatic heterocycles. The molecule has 3 nitrogen and oxygen atoms in total. The standard InChI is InChI=1S/C9H11FN2O/c1-6(2)9(13)12-8-5-3-4-7(10)11-8/h3-6H,1-2H3,(H,11,12,13). The quantitative estimate of drug-likeness (QED) is 0.709. The Balaban J connectivity index is 2.69. The molecule has 4 heteroatoms. The molecule has 13 heavy (non-hydrogen) atoms. The fourth-order valence-corrected chi connectivity index (χ4v) is 0.748. The van der Waals surface area contributed by atoms with Crippen molar-refractivity contribution < 1.29 is 9.18 Å². The number of rotatable bonds is 2. The zero-order valence-electron chi connectivity index (χ0n) is 7.54. The number of halogens is 1. The minimum atomic E-state index is -0.596.